The number of aryl methyl sites for hydroxylation is 2. The van der Waals surface area contributed by atoms with E-state index in [2.05, 4.69) is 27.1 Å². The van der Waals surface area contributed by atoms with Crippen molar-refractivity contribution in [3.05, 3.63) is 34.8 Å². The standard InChI is InChI=1S/C12H13ClN4/c1-8-9(2)17-12(14-8)10(7-11(13)15-17)16-5-3-4-6-16/h3-4,7H,5-6H2,1-2H3. The van der Waals surface area contributed by atoms with Crippen LogP contribution in [0.2, 0.25) is 5.15 Å². The Kier molecular flexibility index (Phi) is 2.33. The molecule has 3 heterocycles. The highest BCUT2D eigenvalue weighted by Gasteiger charge is 2.17. The molecule has 0 N–H and O–H groups in total. The molecule has 3 rings (SSSR count). The summed E-state index contributed by atoms with van der Waals surface area (Å²) in [5, 5.41) is 4.80. The third-order valence-electron chi connectivity index (χ3n) is 3.15. The molecule has 0 aliphatic carbocycles. The lowest BCUT2D eigenvalue weighted by Crippen LogP contribution is -2.20. The Morgan fingerprint density at radius 3 is 2.65 bits per heavy atom. The van der Waals surface area contributed by atoms with E-state index in [1.54, 1.807) is 0 Å². The van der Waals surface area contributed by atoms with E-state index in [0.717, 1.165) is 35.8 Å². The van der Waals surface area contributed by atoms with E-state index in [4.69, 9.17) is 11.6 Å². The molecule has 0 bridgehead atoms. The van der Waals surface area contributed by atoms with Crippen LogP contribution in [0.5, 0.6) is 0 Å². The molecule has 0 amide bonds. The van der Waals surface area contributed by atoms with Crippen molar-refractivity contribution in [3.63, 3.8) is 0 Å². The van der Waals surface area contributed by atoms with Gasteiger partial charge in [-0.25, -0.2) is 9.50 Å². The first-order valence-electron chi connectivity index (χ1n) is 5.59. The summed E-state index contributed by atoms with van der Waals surface area (Å²) in [6.45, 7) is 5.80. The number of rotatable bonds is 1. The van der Waals surface area contributed by atoms with Gasteiger partial charge in [-0.1, -0.05) is 23.8 Å². The average Bonchev–Trinajstić information content (AvgIpc) is 2.90. The number of fused-ring (bicyclic) bond motifs is 1. The van der Waals surface area contributed by atoms with Gasteiger partial charge in [0.15, 0.2) is 10.8 Å². The van der Waals surface area contributed by atoms with Crippen molar-refractivity contribution in [2.75, 3.05) is 18.0 Å². The van der Waals surface area contributed by atoms with Gasteiger partial charge >= 0.3 is 0 Å². The fourth-order valence-electron chi connectivity index (χ4n) is 2.10. The van der Waals surface area contributed by atoms with Gasteiger partial charge in [0.1, 0.15) is 0 Å². The van der Waals surface area contributed by atoms with Crippen LogP contribution in [0.15, 0.2) is 18.2 Å². The zero-order chi connectivity index (χ0) is 12.0. The highest BCUT2D eigenvalue weighted by molar-refractivity contribution is 6.29. The smallest absolute Gasteiger partial charge is 0.177 e. The Balaban J connectivity index is 2.26. The van der Waals surface area contributed by atoms with Crippen LogP contribution in [-0.4, -0.2) is 27.7 Å². The van der Waals surface area contributed by atoms with E-state index in [0.29, 0.717) is 5.15 Å². The van der Waals surface area contributed by atoms with E-state index in [9.17, 15) is 0 Å². The maximum atomic E-state index is 6.08. The number of halogens is 1. The number of anilines is 1. The Labute approximate surface area is 105 Å². The summed E-state index contributed by atoms with van der Waals surface area (Å²) in [5.41, 5.74) is 3.96. The number of hydrogen-bond acceptors (Lipinski definition) is 3. The normalized spacial score (nSPS) is 15.1. The molecular formula is C12H13ClN4. The van der Waals surface area contributed by atoms with Gasteiger partial charge in [-0.15, -0.1) is 0 Å². The topological polar surface area (TPSA) is 33.4 Å². The molecule has 1 aliphatic heterocycles. The average molecular weight is 249 g/mol. The Morgan fingerprint density at radius 2 is 1.94 bits per heavy atom. The first-order chi connectivity index (χ1) is 8.16. The Bertz CT molecular complexity index is 606. The predicted octanol–water partition coefficient (Wildman–Crippen LogP) is 2.38. The molecule has 0 atom stereocenters. The van der Waals surface area contributed by atoms with Gasteiger partial charge < -0.3 is 4.90 Å². The second kappa shape index (κ2) is 3.74. The summed E-state index contributed by atoms with van der Waals surface area (Å²) in [4.78, 5) is 6.80. The maximum absolute atomic E-state index is 6.08. The van der Waals surface area contributed by atoms with Crippen molar-refractivity contribution in [1.82, 2.24) is 14.6 Å². The summed E-state index contributed by atoms with van der Waals surface area (Å²) in [7, 11) is 0. The van der Waals surface area contributed by atoms with E-state index >= 15 is 0 Å². The molecule has 0 unspecified atom stereocenters. The van der Waals surface area contributed by atoms with Crippen molar-refractivity contribution in [1.29, 1.82) is 0 Å². The van der Waals surface area contributed by atoms with Crippen molar-refractivity contribution in [3.8, 4) is 0 Å². The van der Waals surface area contributed by atoms with Gasteiger partial charge in [-0.3, -0.25) is 0 Å². The molecule has 17 heavy (non-hydrogen) atoms. The van der Waals surface area contributed by atoms with E-state index in [-0.39, 0.29) is 0 Å². The third kappa shape index (κ3) is 1.60. The first-order valence-corrected chi connectivity index (χ1v) is 5.97. The lowest BCUT2D eigenvalue weighted by atomic mass is 10.4. The van der Waals surface area contributed by atoms with Crippen LogP contribution < -0.4 is 4.90 Å². The van der Waals surface area contributed by atoms with Gasteiger partial charge in [-0.05, 0) is 13.8 Å². The van der Waals surface area contributed by atoms with Crippen molar-refractivity contribution in [2.24, 2.45) is 0 Å². The van der Waals surface area contributed by atoms with Gasteiger partial charge in [0, 0.05) is 19.2 Å². The van der Waals surface area contributed by atoms with Gasteiger partial charge in [0.2, 0.25) is 0 Å². The van der Waals surface area contributed by atoms with Crippen LogP contribution in [0.4, 0.5) is 5.69 Å². The molecule has 0 radical (unpaired) electrons. The Morgan fingerprint density at radius 1 is 1.24 bits per heavy atom. The minimum Gasteiger partial charge on any atom is -0.361 e. The van der Waals surface area contributed by atoms with Gasteiger partial charge in [0.05, 0.1) is 17.1 Å². The van der Waals surface area contributed by atoms with Gasteiger partial charge in [0.25, 0.3) is 0 Å². The monoisotopic (exact) mass is 248 g/mol. The molecule has 2 aromatic rings. The number of nitrogens with zero attached hydrogens (tertiary/aromatic N) is 4. The van der Waals surface area contributed by atoms with Crippen molar-refractivity contribution >= 4 is 22.9 Å². The molecule has 5 heteroatoms. The lowest BCUT2D eigenvalue weighted by molar-refractivity contribution is 0.883. The second-order valence-electron chi connectivity index (χ2n) is 4.25. The van der Waals surface area contributed by atoms with Crippen LogP contribution in [0.3, 0.4) is 0 Å². The van der Waals surface area contributed by atoms with E-state index in [1.807, 2.05) is 24.4 Å². The number of aromatic nitrogens is 3. The fraction of sp³-hybridized carbons (Fsp3) is 0.333. The summed E-state index contributed by atoms with van der Waals surface area (Å²) in [5.74, 6) is 0. The zero-order valence-corrected chi connectivity index (χ0v) is 10.6. The Hall–Kier alpha value is -1.55. The zero-order valence-electron chi connectivity index (χ0n) is 9.81. The molecule has 0 saturated heterocycles. The number of imidazole rings is 1. The van der Waals surface area contributed by atoms with Gasteiger partial charge in [-0.2, -0.15) is 5.10 Å². The van der Waals surface area contributed by atoms with Crippen LogP contribution in [0, 0.1) is 13.8 Å². The lowest BCUT2D eigenvalue weighted by Gasteiger charge is -2.18. The molecule has 2 aromatic heterocycles. The summed E-state index contributed by atoms with van der Waals surface area (Å²) >= 11 is 6.08. The van der Waals surface area contributed by atoms with Crippen molar-refractivity contribution in [2.45, 2.75) is 13.8 Å². The molecule has 0 aromatic carbocycles. The summed E-state index contributed by atoms with van der Waals surface area (Å²) in [6, 6.07) is 1.88. The van der Waals surface area contributed by atoms with Crippen LogP contribution in [0.1, 0.15) is 11.4 Å². The quantitative estimate of drug-likeness (QED) is 0.727. The molecule has 4 nitrogen and oxygen atoms in total. The maximum Gasteiger partial charge on any atom is 0.177 e. The highest BCUT2D eigenvalue weighted by atomic mass is 35.5. The largest absolute Gasteiger partial charge is 0.361 e. The highest BCUT2D eigenvalue weighted by Crippen LogP contribution is 2.26. The molecule has 0 spiro atoms. The third-order valence-corrected chi connectivity index (χ3v) is 3.34. The minimum atomic E-state index is 0.500. The molecule has 0 fully saturated rings. The second-order valence-corrected chi connectivity index (χ2v) is 4.63. The summed E-state index contributed by atoms with van der Waals surface area (Å²) < 4.78 is 1.82. The molecule has 0 saturated carbocycles. The van der Waals surface area contributed by atoms with Crippen LogP contribution >= 0.6 is 11.6 Å². The first kappa shape index (κ1) is 10.6. The van der Waals surface area contributed by atoms with E-state index in [1.165, 1.54) is 0 Å². The van der Waals surface area contributed by atoms with E-state index < -0.39 is 0 Å². The predicted molar refractivity (Wildman–Crippen MR) is 68.8 cm³/mol. The number of hydrogen-bond donors (Lipinski definition) is 0. The minimum absolute atomic E-state index is 0.500. The molecule has 1 aliphatic rings. The fourth-order valence-corrected chi connectivity index (χ4v) is 2.28. The SMILES string of the molecule is Cc1nc2c(N3CC=CC3)cc(Cl)nn2c1C. The van der Waals surface area contributed by atoms with Crippen LogP contribution in [0.25, 0.3) is 5.65 Å². The summed E-state index contributed by atoms with van der Waals surface area (Å²) in [6.07, 6.45) is 4.29. The molecule has 88 valence electrons. The van der Waals surface area contributed by atoms with Crippen molar-refractivity contribution < 1.29 is 0 Å². The van der Waals surface area contributed by atoms with Crippen LogP contribution in [-0.2, 0) is 0 Å². The molecular weight excluding hydrogens is 236 g/mol.